The zero-order chi connectivity index (χ0) is 19.3. The van der Waals surface area contributed by atoms with Gasteiger partial charge in [-0.05, 0) is 0 Å². The summed E-state index contributed by atoms with van der Waals surface area (Å²) in [6.45, 7) is 6.95. The van der Waals surface area contributed by atoms with Gasteiger partial charge in [0.1, 0.15) is 0 Å². The number of unbranched alkanes of at least 4 members (excludes halogenated alkanes) is 15. The Kier molecular flexibility index (Phi) is 27.0. The molecule has 0 heterocycles. The van der Waals surface area contributed by atoms with E-state index in [9.17, 15) is 0 Å². The molecule has 0 aromatic rings. The quantitative estimate of drug-likeness (QED) is 0.0796. The third-order valence-corrected chi connectivity index (χ3v) is 12.6. The summed E-state index contributed by atoms with van der Waals surface area (Å²) in [4.78, 5) is 0. The molecular formula is C24H53PSe2. The Morgan fingerprint density at radius 1 is 0.407 bits per heavy atom. The summed E-state index contributed by atoms with van der Waals surface area (Å²) in [6, 6.07) is 0. The first kappa shape index (κ1) is 30.7. The summed E-state index contributed by atoms with van der Waals surface area (Å²) in [5.74, 6) is 0. The molecule has 0 spiro atoms. The van der Waals surface area contributed by atoms with Crippen LogP contribution in [-0.2, 0) is 0 Å². The molecule has 0 aliphatic carbocycles. The van der Waals surface area contributed by atoms with Crippen molar-refractivity contribution in [3.8, 4) is 0 Å². The zero-order valence-electron chi connectivity index (χ0n) is 19.2. The standard InChI is InChI=1S/C24H51PSe.H2Se/c1-4-7-10-13-16-19-22-25(26,23-20-17-14-11-8-5-2)24-21-18-15-12-9-6-3;/h4-24H2,1-3H3;1H2. The molecular weight excluding hydrogens is 477 g/mol. The molecule has 0 fully saturated rings. The van der Waals surface area contributed by atoms with Crippen molar-refractivity contribution in [1.82, 2.24) is 0 Å². The molecule has 3 heteroatoms. The van der Waals surface area contributed by atoms with Crippen molar-refractivity contribution >= 4 is 37.7 Å². The molecule has 0 amide bonds. The first-order valence-electron chi connectivity index (χ1n) is 12.3. The average Bonchev–Trinajstić information content (AvgIpc) is 2.64. The Bertz CT molecular complexity index is 270. The second-order valence-corrected chi connectivity index (χ2v) is 16.9. The van der Waals surface area contributed by atoms with Gasteiger partial charge in [-0.25, -0.2) is 0 Å². The van der Waals surface area contributed by atoms with Gasteiger partial charge in [0.2, 0.25) is 0 Å². The third kappa shape index (κ3) is 22.0. The van der Waals surface area contributed by atoms with Crippen molar-refractivity contribution in [2.75, 3.05) is 18.5 Å². The van der Waals surface area contributed by atoms with Crippen LogP contribution in [0.3, 0.4) is 0 Å². The molecule has 0 rings (SSSR count). The van der Waals surface area contributed by atoms with Crippen molar-refractivity contribution < 1.29 is 0 Å². The van der Waals surface area contributed by atoms with Gasteiger partial charge in [-0.15, -0.1) is 0 Å². The van der Waals surface area contributed by atoms with Crippen molar-refractivity contribution in [2.24, 2.45) is 0 Å². The fraction of sp³-hybridized carbons (Fsp3) is 1.00. The van der Waals surface area contributed by atoms with Crippen LogP contribution >= 0.6 is 5.51 Å². The summed E-state index contributed by atoms with van der Waals surface area (Å²) < 4.78 is 0. The zero-order valence-corrected chi connectivity index (χ0v) is 23.9. The third-order valence-electron chi connectivity index (χ3n) is 5.76. The SMILES string of the molecule is CCCCCCCCP(=[Se])(CCCCCCCC)CCCCCCCC.[SeH2]. The Morgan fingerprint density at radius 2 is 0.630 bits per heavy atom. The summed E-state index contributed by atoms with van der Waals surface area (Å²) in [5.41, 5.74) is -0.761. The Morgan fingerprint density at radius 3 is 0.889 bits per heavy atom. The number of hydrogen-bond acceptors (Lipinski definition) is 0. The molecule has 0 atom stereocenters. The topological polar surface area (TPSA) is 0 Å². The van der Waals surface area contributed by atoms with E-state index < -0.39 is 5.51 Å². The average molecular weight is 531 g/mol. The van der Waals surface area contributed by atoms with Crippen molar-refractivity contribution in [3.05, 3.63) is 0 Å². The van der Waals surface area contributed by atoms with Crippen LogP contribution in [0.2, 0.25) is 0 Å². The van der Waals surface area contributed by atoms with E-state index in [1.807, 2.05) is 0 Å². The molecule has 0 saturated carbocycles. The van der Waals surface area contributed by atoms with E-state index in [1.165, 1.54) is 116 Å². The molecule has 0 aromatic carbocycles. The fourth-order valence-corrected chi connectivity index (χ4v) is 9.38. The van der Waals surface area contributed by atoms with Gasteiger partial charge in [-0.1, -0.05) is 0 Å². The van der Waals surface area contributed by atoms with Crippen LogP contribution in [0.1, 0.15) is 136 Å². The minimum absolute atomic E-state index is 0. The van der Waals surface area contributed by atoms with Crippen molar-refractivity contribution in [3.63, 3.8) is 0 Å². The van der Waals surface area contributed by atoms with Gasteiger partial charge in [-0.2, -0.15) is 0 Å². The van der Waals surface area contributed by atoms with Gasteiger partial charge in [-0.3, -0.25) is 0 Å². The predicted molar refractivity (Wildman–Crippen MR) is 136 cm³/mol. The van der Waals surface area contributed by atoms with Crippen LogP contribution in [0.5, 0.6) is 0 Å². The van der Waals surface area contributed by atoms with E-state index in [4.69, 9.17) is 0 Å². The first-order chi connectivity index (χ1) is 12.7. The Balaban J connectivity index is 0. The first-order valence-corrected chi connectivity index (χ1v) is 16.8. The Hall–Kier alpha value is 1.47. The van der Waals surface area contributed by atoms with Crippen LogP contribution in [0.4, 0.5) is 0 Å². The van der Waals surface area contributed by atoms with Gasteiger partial charge in [0.25, 0.3) is 0 Å². The van der Waals surface area contributed by atoms with E-state index in [1.54, 1.807) is 18.5 Å². The van der Waals surface area contributed by atoms with Crippen LogP contribution in [0, 0.1) is 0 Å². The molecule has 0 aliphatic heterocycles. The number of rotatable bonds is 21. The van der Waals surface area contributed by atoms with E-state index in [2.05, 4.69) is 35.9 Å². The Labute approximate surface area is 191 Å². The summed E-state index contributed by atoms with van der Waals surface area (Å²) in [5, 5.41) is 0. The maximum atomic E-state index is 3.81. The van der Waals surface area contributed by atoms with Gasteiger partial charge >= 0.3 is 193 Å². The second kappa shape index (κ2) is 23.7. The monoisotopic (exact) mass is 532 g/mol. The normalized spacial score (nSPS) is 11.5. The fourth-order valence-electron chi connectivity index (χ4n) is 3.88. The molecule has 0 aromatic heterocycles. The summed E-state index contributed by atoms with van der Waals surface area (Å²) in [7, 11) is 0. The molecule has 0 nitrogen and oxygen atoms in total. The predicted octanol–water partition coefficient (Wildman–Crippen LogP) is 8.25. The molecule has 27 heavy (non-hydrogen) atoms. The maximum absolute atomic E-state index is 3.81. The molecule has 0 N–H and O–H groups in total. The van der Waals surface area contributed by atoms with Gasteiger partial charge in [0.15, 0.2) is 0 Å². The molecule has 0 saturated heterocycles. The van der Waals surface area contributed by atoms with Crippen LogP contribution in [0.15, 0.2) is 0 Å². The molecule has 0 aliphatic rings. The van der Waals surface area contributed by atoms with Gasteiger partial charge in [0, 0.05) is 0 Å². The summed E-state index contributed by atoms with van der Waals surface area (Å²) in [6.07, 6.45) is 30.8. The van der Waals surface area contributed by atoms with Crippen LogP contribution in [0.25, 0.3) is 0 Å². The van der Waals surface area contributed by atoms with Crippen LogP contribution < -0.4 is 0 Å². The molecule has 0 radical (unpaired) electrons. The van der Waals surface area contributed by atoms with Crippen molar-refractivity contribution in [1.29, 1.82) is 0 Å². The van der Waals surface area contributed by atoms with E-state index >= 15 is 0 Å². The summed E-state index contributed by atoms with van der Waals surface area (Å²) >= 11 is 3.81. The number of hydrogen-bond donors (Lipinski definition) is 0. The van der Waals surface area contributed by atoms with Gasteiger partial charge < -0.3 is 0 Å². The second-order valence-electron chi connectivity index (χ2n) is 8.53. The molecule has 166 valence electrons. The van der Waals surface area contributed by atoms with E-state index in [0.29, 0.717) is 0 Å². The minimum atomic E-state index is -0.761. The van der Waals surface area contributed by atoms with E-state index in [-0.39, 0.29) is 17.1 Å². The van der Waals surface area contributed by atoms with E-state index in [0.717, 1.165) is 0 Å². The van der Waals surface area contributed by atoms with Crippen LogP contribution in [-0.4, -0.2) is 50.7 Å². The molecule has 0 bridgehead atoms. The van der Waals surface area contributed by atoms with Gasteiger partial charge in [0.05, 0.1) is 0 Å². The molecule has 0 unspecified atom stereocenters. The van der Waals surface area contributed by atoms with Crippen molar-refractivity contribution in [2.45, 2.75) is 136 Å².